The van der Waals surface area contributed by atoms with Gasteiger partial charge >= 0.3 is 5.97 Å². The Morgan fingerprint density at radius 1 is 1.50 bits per heavy atom. The van der Waals surface area contributed by atoms with Crippen LogP contribution in [0.15, 0.2) is 22.7 Å². The summed E-state index contributed by atoms with van der Waals surface area (Å²) in [6.45, 7) is 0.852. The molecule has 3 N–H and O–H groups in total. The maximum absolute atomic E-state index is 10.5. The molecule has 0 saturated heterocycles. The summed E-state index contributed by atoms with van der Waals surface area (Å²) in [5.74, 6) is -0.811. The minimum Gasteiger partial charge on any atom is -0.481 e. The molecular weight excluding hydrogens is 296 g/mol. The van der Waals surface area contributed by atoms with Crippen LogP contribution in [0.1, 0.15) is 30.0 Å². The van der Waals surface area contributed by atoms with Crippen LogP contribution < -0.4 is 5.73 Å². The molecule has 0 aliphatic heterocycles. The molecule has 0 aromatic heterocycles. The van der Waals surface area contributed by atoms with E-state index in [0.29, 0.717) is 6.42 Å². The first-order chi connectivity index (χ1) is 8.40. The summed E-state index contributed by atoms with van der Waals surface area (Å²) in [7, 11) is 4.03. The highest BCUT2D eigenvalue weighted by Gasteiger charge is 2.10. The summed E-state index contributed by atoms with van der Waals surface area (Å²) in [6, 6.07) is 5.74. The normalized spacial score (nSPS) is 12.7. The molecule has 0 aliphatic rings. The van der Waals surface area contributed by atoms with Gasteiger partial charge in [0, 0.05) is 23.5 Å². The molecule has 0 fully saturated rings. The van der Waals surface area contributed by atoms with Gasteiger partial charge in [0.25, 0.3) is 0 Å². The lowest BCUT2D eigenvalue weighted by Crippen LogP contribution is -2.14. The number of aliphatic carboxylic acids is 1. The minimum absolute atomic E-state index is 0.0955. The van der Waals surface area contributed by atoms with Crippen molar-refractivity contribution in [1.29, 1.82) is 0 Å². The molecule has 1 rings (SSSR count). The van der Waals surface area contributed by atoms with Crippen molar-refractivity contribution in [3.63, 3.8) is 0 Å². The monoisotopic (exact) mass is 314 g/mol. The van der Waals surface area contributed by atoms with E-state index in [1.54, 1.807) is 0 Å². The summed E-state index contributed by atoms with van der Waals surface area (Å²) in [4.78, 5) is 12.6. The number of rotatable bonds is 6. The van der Waals surface area contributed by atoms with Crippen molar-refractivity contribution in [3.8, 4) is 0 Å². The lowest BCUT2D eigenvalue weighted by Gasteiger charge is -2.15. The zero-order chi connectivity index (χ0) is 13.7. The van der Waals surface area contributed by atoms with Crippen LogP contribution in [0, 0.1) is 0 Å². The van der Waals surface area contributed by atoms with Gasteiger partial charge in [-0.25, -0.2) is 0 Å². The van der Waals surface area contributed by atoms with E-state index in [1.807, 2.05) is 32.3 Å². The molecule has 1 aromatic rings. The molecule has 0 saturated carbocycles. The van der Waals surface area contributed by atoms with Crippen LogP contribution in [0.4, 0.5) is 0 Å². The van der Waals surface area contributed by atoms with Gasteiger partial charge in [-0.2, -0.15) is 0 Å². The Labute approximate surface area is 116 Å². The number of hydrogen-bond acceptors (Lipinski definition) is 3. The van der Waals surface area contributed by atoms with Crippen molar-refractivity contribution in [2.24, 2.45) is 5.73 Å². The van der Waals surface area contributed by atoms with Crippen LogP contribution in [-0.4, -0.2) is 30.1 Å². The number of carboxylic acids is 1. The molecule has 0 amide bonds. The SMILES string of the molecule is CN(C)Cc1ccc(C(N)CCC(=O)O)cc1Br. The maximum atomic E-state index is 10.5. The predicted octanol–water partition coefficient (Wildman–Crippen LogP) is 2.38. The molecule has 18 heavy (non-hydrogen) atoms. The summed E-state index contributed by atoms with van der Waals surface area (Å²) in [5.41, 5.74) is 8.12. The molecule has 1 aromatic carbocycles. The average Bonchev–Trinajstić information content (AvgIpc) is 2.28. The third-order valence-corrected chi connectivity index (χ3v) is 3.40. The number of carboxylic acid groups (broad SMARTS) is 1. The van der Waals surface area contributed by atoms with E-state index in [1.165, 1.54) is 5.56 Å². The number of hydrogen-bond donors (Lipinski definition) is 2. The number of nitrogens with zero attached hydrogens (tertiary/aromatic N) is 1. The highest BCUT2D eigenvalue weighted by Crippen LogP contribution is 2.24. The predicted molar refractivity (Wildman–Crippen MR) is 75.3 cm³/mol. The second kappa shape index (κ2) is 6.87. The van der Waals surface area contributed by atoms with E-state index < -0.39 is 5.97 Å². The number of halogens is 1. The Bertz CT molecular complexity index is 421. The third-order valence-electron chi connectivity index (χ3n) is 2.66. The lowest BCUT2D eigenvalue weighted by molar-refractivity contribution is -0.137. The van der Waals surface area contributed by atoms with Crippen molar-refractivity contribution in [2.75, 3.05) is 14.1 Å². The van der Waals surface area contributed by atoms with Crippen LogP contribution in [0.25, 0.3) is 0 Å². The van der Waals surface area contributed by atoms with Gasteiger partial charge in [-0.1, -0.05) is 28.1 Å². The molecule has 4 nitrogen and oxygen atoms in total. The van der Waals surface area contributed by atoms with Crippen molar-refractivity contribution < 1.29 is 9.90 Å². The third kappa shape index (κ3) is 4.76. The van der Waals surface area contributed by atoms with E-state index >= 15 is 0 Å². The number of benzene rings is 1. The summed E-state index contributed by atoms with van der Waals surface area (Å²) >= 11 is 3.53. The standard InChI is InChI=1S/C13H19BrN2O2/c1-16(2)8-10-4-3-9(7-11(10)14)12(15)5-6-13(17)18/h3-4,7,12H,5-6,8,15H2,1-2H3,(H,17,18). The van der Waals surface area contributed by atoms with E-state index in [9.17, 15) is 4.79 Å². The Balaban J connectivity index is 2.73. The molecule has 1 atom stereocenters. The van der Waals surface area contributed by atoms with Gasteiger partial charge in [0.1, 0.15) is 0 Å². The highest BCUT2D eigenvalue weighted by atomic mass is 79.9. The van der Waals surface area contributed by atoms with E-state index in [0.717, 1.165) is 16.6 Å². The fourth-order valence-electron chi connectivity index (χ4n) is 1.71. The van der Waals surface area contributed by atoms with Crippen LogP contribution in [0.5, 0.6) is 0 Å². The van der Waals surface area contributed by atoms with Crippen molar-refractivity contribution in [1.82, 2.24) is 4.90 Å². The van der Waals surface area contributed by atoms with E-state index in [4.69, 9.17) is 10.8 Å². The first-order valence-electron chi connectivity index (χ1n) is 5.80. The maximum Gasteiger partial charge on any atom is 0.303 e. The first-order valence-corrected chi connectivity index (χ1v) is 6.60. The highest BCUT2D eigenvalue weighted by molar-refractivity contribution is 9.10. The Hall–Kier alpha value is -0.910. The van der Waals surface area contributed by atoms with Crippen molar-refractivity contribution >= 4 is 21.9 Å². The quantitative estimate of drug-likeness (QED) is 0.846. The van der Waals surface area contributed by atoms with Gasteiger partial charge in [-0.3, -0.25) is 4.79 Å². The van der Waals surface area contributed by atoms with Gasteiger partial charge in [-0.05, 0) is 37.7 Å². The van der Waals surface area contributed by atoms with Crippen molar-refractivity contribution in [3.05, 3.63) is 33.8 Å². The number of nitrogens with two attached hydrogens (primary N) is 1. The lowest BCUT2D eigenvalue weighted by atomic mass is 10.0. The summed E-state index contributed by atoms with van der Waals surface area (Å²) < 4.78 is 1.01. The minimum atomic E-state index is -0.811. The summed E-state index contributed by atoms with van der Waals surface area (Å²) in [5, 5.41) is 8.64. The Kier molecular flexibility index (Phi) is 5.78. The molecule has 0 bridgehead atoms. The Morgan fingerprint density at radius 2 is 2.17 bits per heavy atom. The van der Waals surface area contributed by atoms with Crippen LogP contribution in [0.2, 0.25) is 0 Å². The molecule has 0 spiro atoms. The van der Waals surface area contributed by atoms with Gasteiger partial charge in [0.05, 0.1) is 0 Å². The molecule has 1 unspecified atom stereocenters. The largest absolute Gasteiger partial charge is 0.481 e. The molecule has 100 valence electrons. The molecule has 5 heteroatoms. The van der Waals surface area contributed by atoms with Gasteiger partial charge in [0.15, 0.2) is 0 Å². The number of carbonyl (C=O) groups is 1. The van der Waals surface area contributed by atoms with Crippen LogP contribution in [0.3, 0.4) is 0 Å². The average molecular weight is 315 g/mol. The van der Waals surface area contributed by atoms with E-state index in [-0.39, 0.29) is 12.5 Å². The molecule has 0 radical (unpaired) electrons. The zero-order valence-electron chi connectivity index (χ0n) is 10.7. The van der Waals surface area contributed by atoms with Crippen LogP contribution in [-0.2, 0) is 11.3 Å². The van der Waals surface area contributed by atoms with E-state index in [2.05, 4.69) is 20.8 Å². The molecule has 0 aliphatic carbocycles. The second-order valence-electron chi connectivity index (χ2n) is 4.63. The topological polar surface area (TPSA) is 66.6 Å². The van der Waals surface area contributed by atoms with Gasteiger partial charge in [0.2, 0.25) is 0 Å². The molecule has 0 heterocycles. The smallest absolute Gasteiger partial charge is 0.303 e. The van der Waals surface area contributed by atoms with Crippen LogP contribution >= 0.6 is 15.9 Å². The zero-order valence-corrected chi connectivity index (χ0v) is 12.3. The van der Waals surface area contributed by atoms with Gasteiger partial charge in [-0.15, -0.1) is 0 Å². The molecular formula is C13H19BrN2O2. The Morgan fingerprint density at radius 3 is 2.67 bits per heavy atom. The fourth-order valence-corrected chi connectivity index (χ4v) is 2.23. The van der Waals surface area contributed by atoms with Gasteiger partial charge < -0.3 is 15.7 Å². The first kappa shape index (κ1) is 15.1. The second-order valence-corrected chi connectivity index (χ2v) is 5.48. The fraction of sp³-hybridized carbons (Fsp3) is 0.462. The summed E-state index contributed by atoms with van der Waals surface area (Å²) in [6.07, 6.45) is 0.549. The van der Waals surface area contributed by atoms with Crippen molar-refractivity contribution in [2.45, 2.75) is 25.4 Å².